The molecule has 6 aromatic rings. The number of non-ortho nitro benzene ring substituents is 1. The van der Waals surface area contributed by atoms with E-state index in [2.05, 4.69) is 91.1 Å². The van der Waals surface area contributed by atoms with Gasteiger partial charge in [-0.25, -0.2) is 9.18 Å². The van der Waals surface area contributed by atoms with E-state index in [1.165, 1.54) is 87.8 Å². The van der Waals surface area contributed by atoms with E-state index >= 15 is 0 Å². The van der Waals surface area contributed by atoms with Crippen LogP contribution >= 0.6 is 0 Å². The van der Waals surface area contributed by atoms with Crippen LogP contribution in [-0.2, 0) is 41.7 Å². The number of nitro benzene ring substituents is 1. The van der Waals surface area contributed by atoms with Gasteiger partial charge < -0.3 is 45.1 Å². The number of rotatable bonds is 35. The van der Waals surface area contributed by atoms with Gasteiger partial charge in [-0.3, -0.25) is 29.3 Å². The van der Waals surface area contributed by atoms with Crippen LogP contribution in [0.25, 0.3) is 0 Å². The minimum Gasteiger partial charge on any atom is -0.497 e. The van der Waals surface area contributed by atoms with Crippen molar-refractivity contribution in [3.8, 4) is 11.5 Å². The van der Waals surface area contributed by atoms with Crippen molar-refractivity contribution in [1.29, 1.82) is 0 Å². The third kappa shape index (κ3) is 20.5. The molecule has 0 spiro atoms. The first kappa shape index (κ1) is 75.8. The number of nitrogens with zero attached hydrogens (tertiary/aromatic N) is 2. The monoisotopic (exact) mass is 1390 g/mol. The lowest BCUT2D eigenvalue weighted by Gasteiger charge is -2.58. The van der Waals surface area contributed by atoms with Crippen LogP contribution in [-0.4, -0.2) is 79.7 Å². The SMILES string of the molecule is COc1ccc(N(CCCC[C@H](NC(=O)C[C@H](Cc2ccc(F)cc2)NC(=O)CCC(=O)NCCCO[C@H]2CC[C@@]3(C)C(=CC[C@H]4[C@@H]5CC[C@H]([C@H](C)CCCC(C)C)[C@@]5(C)CC[C@@H]43)C2)C(=O)Nc2ccc(COC(=O)Oc3ccc([N+](=O)[O-])cc3)cc2)C(c2ccccc2)c2ccccc2)cc1. The first-order chi connectivity index (χ1) is 49.2. The van der Waals surface area contributed by atoms with Gasteiger partial charge in [-0.05, 0) is 213 Å². The summed E-state index contributed by atoms with van der Waals surface area (Å²) < 4.78 is 36.7. The summed E-state index contributed by atoms with van der Waals surface area (Å²) in [6.45, 7) is 13.8. The predicted molar refractivity (Wildman–Crippen MR) is 396 cm³/mol. The van der Waals surface area contributed by atoms with E-state index in [0.29, 0.717) is 61.2 Å². The van der Waals surface area contributed by atoms with E-state index in [1.807, 2.05) is 60.7 Å². The Labute approximate surface area is 602 Å². The molecule has 0 aromatic heterocycles. The molecule has 3 saturated carbocycles. The number of methoxy groups -OCH3 is 1. The summed E-state index contributed by atoms with van der Waals surface area (Å²) in [4.78, 5) is 81.4. The number of nitrogens with one attached hydrogen (secondary N) is 4. The van der Waals surface area contributed by atoms with Crippen LogP contribution in [0.4, 0.5) is 26.2 Å². The standard InChI is InChI=1S/C84H105FN6O11/c1-57(2)17-15-18-58(3)73-42-43-74-72-41-28-63-54-71(46-48-83(63,4)75(72)47-49-84(73,74)5)100-52-16-50-86-77(92)44-45-78(93)87-66(53-59-24-29-64(85)30-25-59)55-79(94)89-76(81(95)88-65-31-26-60(27-32-65)56-101-82(96)102-70-39-35-68(36-40-70)91(97)98)23-13-14-51-90(67-33-37-69(99-6)38-34-67)80(61-19-9-7-10-20-61)62-21-11-8-12-22-62/h7-12,19-22,24-40,57-58,66,71-76,80H,13-18,23,41-56H2,1-6H3,(H,86,92)(H,87,93)(H,88,95)(H,89,94)/t58-,66+,71+,72+,73-,74+,75+,76+,83+,84-/m1/s1. The molecule has 4 aliphatic carbocycles. The predicted octanol–water partition coefficient (Wildman–Crippen LogP) is 17.2. The number of amides is 4. The van der Waals surface area contributed by atoms with Gasteiger partial charge in [-0.15, -0.1) is 0 Å². The maximum Gasteiger partial charge on any atom is 0.514 e. The lowest BCUT2D eigenvalue weighted by Crippen LogP contribution is -2.51. The number of fused-ring (bicyclic) bond motifs is 5. The zero-order valence-electron chi connectivity index (χ0n) is 60.4. The van der Waals surface area contributed by atoms with Crippen LogP contribution in [0.3, 0.4) is 0 Å². The molecule has 102 heavy (non-hydrogen) atoms. The minimum absolute atomic E-state index is 0.0662. The summed E-state index contributed by atoms with van der Waals surface area (Å²) in [7, 11) is 1.63. The third-order valence-electron chi connectivity index (χ3n) is 22.6. The summed E-state index contributed by atoms with van der Waals surface area (Å²) in [5, 5.41) is 23.0. The Morgan fingerprint density at radius 1 is 0.686 bits per heavy atom. The minimum atomic E-state index is -1.05. The topological polar surface area (TPSA) is 217 Å². The zero-order chi connectivity index (χ0) is 72.2. The fourth-order valence-corrected chi connectivity index (χ4v) is 17.2. The molecule has 10 rings (SSSR count). The van der Waals surface area contributed by atoms with Crippen molar-refractivity contribution in [1.82, 2.24) is 16.0 Å². The van der Waals surface area contributed by atoms with Crippen LogP contribution in [0.1, 0.15) is 178 Å². The molecule has 17 nitrogen and oxygen atoms in total. The average molecular weight is 1390 g/mol. The molecular weight excluding hydrogens is 1290 g/mol. The molecule has 0 unspecified atom stereocenters. The van der Waals surface area contributed by atoms with Gasteiger partial charge in [0.2, 0.25) is 23.6 Å². The quantitative estimate of drug-likeness (QED) is 0.00730. The summed E-state index contributed by atoms with van der Waals surface area (Å²) in [6, 6.07) is 43.8. The smallest absolute Gasteiger partial charge is 0.497 e. The lowest BCUT2D eigenvalue weighted by atomic mass is 9.47. The van der Waals surface area contributed by atoms with Crippen LogP contribution in [0.5, 0.6) is 11.5 Å². The highest BCUT2D eigenvalue weighted by Crippen LogP contribution is 2.67. The maximum absolute atomic E-state index is 14.5. The van der Waals surface area contributed by atoms with Crippen molar-refractivity contribution >= 4 is 46.8 Å². The Balaban J connectivity index is 0.733. The first-order valence-electron chi connectivity index (χ1n) is 37.2. The highest BCUT2D eigenvalue weighted by atomic mass is 19.1. The van der Waals surface area contributed by atoms with Crippen LogP contribution in [0.15, 0.2) is 169 Å². The molecule has 0 bridgehead atoms. The number of unbranched alkanes of at least 4 members (excludes halogenated alkanes) is 1. The summed E-state index contributed by atoms with van der Waals surface area (Å²) in [5.74, 6) is 3.42. The molecular formula is C84H105FN6O11. The number of benzene rings is 6. The van der Waals surface area contributed by atoms with E-state index < -0.39 is 46.7 Å². The molecule has 10 atom stereocenters. The molecule has 0 radical (unpaired) electrons. The number of ether oxygens (including phenoxy) is 4. The molecule has 0 heterocycles. The number of carbonyl (C=O) groups is 5. The highest BCUT2D eigenvalue weighted by Gasteiger charge is 2.59. The fraction of sp³-hybridized carbons (Fsp3) is 0.488. The van der Waals surface area contributed by atoms with E-state index in [-0.39, 0.29) is 73.6 Å². The second kappa shape index (κ2) is 36.3. The van der Waals surface area contributed by atoms with Gasteiger partial charge >= 0.3 is 6.16 Å². The van der Waals surface area contributed by atoms with Crippen molar-refractivity contribution < 1.29 is 52.2 Å². The number of hydrogen-bond acceptors (Lipinski definition) is 12. The number of allylic oxidation sites excluding steroid dienone is 1. The molecule has 544 valence electrons. The number of anilines is 2. The molecule has 3 fully saturated rings. The summed E-state index contributed by atoms with van der Waals surface area (Å²) in [6.07, 6.45) is 17.4. The average Bonchev–Trinajstić information content (AvgIpc) is 1.44. The molecule has 4 N–H and O–H groups in total. The molecule has 4 aliphatic rings. The molecule has 4 amide bonds. The first-order valence-corrected chi connectivity index (χ1v) is 37.2. The lowest BCUT2D eigenvalue weighted by molar-refractivity contribution is -0.384. The van der Waals surface area contributed by atoms with E-state index in [9.17, 15) is 38.5 Å². The van der Waals surface area contributed by atoms with Crippen LogP contribution < -0.4 is 35.6 Å². The molecule has 0 saturated heterocycles. The molecule has 6 aromatic carbocycles. The van der Waals surface area contributed by atoms with Gasteiger partial charge in [-0.1, -0.05) is 150 Å². The number of halogens is 1. The Kier molecular flexibility index (Phi) is 27.0. The van der Waals surface area contributed by atoms with Gasteiger partial charge in [0.25, 0.3) is 5.69 Å². The third-order valence-corrected chi connectivity index (χ3v) is 22.6. The van der Waals surface area contributed by atoms with Gasteiger partial charge in [0.1, 0.15) is 30.0 Å². The Bertz CT molecular complexity index is 3710. The number of hydrogen-bond donors (Lipinski definition) is 4. The normalized spacial score (nSPS) is 21.4. The Hall–Kier alpha value is -8.90. The van der Waals surface area contributed by atoms with Gasteiger partial charge in [0.15, 0.2) is 0 Å². The summed E-state index contributed by atoms with van der Waals surface area (Å²) >= 11 is 0. The van der Waals surface area contributed by atoms with Gasteiger partial charge in [0.05, 0.1) is 24.2 Å². The molecule has 18 heteroatoms. The molecule has 0 aliphatic heterocycles. The van der Waals surface area contributed by atoms with Crippen molar-refractivity contribution in [3.05, 3.63) is 208 Å². The highest BCUT2D eigenvalue weighted by molar-refractivity contribution is 5.97. The fourth-order valence-electron chi connectivity index (χ4n) is 17.2. The second-order valence-electron chi connectivity index (χ2n) is 29.8. The van der Waals surface area contributed by atoms with Gasteiger partial charge in [0, 0.05) is 68.5 Å². The van der Waals surface area contributed by atoms with Crippen molar-refractivity contribution in [2.75, 3.05) is 37.0 Å². The Morgan fingerprint density at radius 2 is 1.36 bits per heavy atom. The van der Waals surface area contributed by atoms with Crippen molar-refractivity contribution in [3.63, 3.8) is 0 Å². The van der Waals surface area contributed by atoms with E-state index in [1.54, 1.807) is 49.1 Å². The number of nitro groups is 1. The maximum atomic E-state index is 14.5. The van der Waals surface area contributed by atoms with E-state index in [4.69, 9.17) is 18.9 Å². The van der Waals surface area contributed by atoms with Crippen LogP contribution in [0.2, 0.25) is 0 Å². The van der Waals surface area contributed by atoms with Crippen LogP contribution in [0, 0.1) is 62.3 Å². The van der Waals surface area contributed by atoms with E-state index in [0.717, 1.165) is 77.3 Å². The van der Waals surface area contributed by atoms with Gasteiger partial charge in [-0.2, -0.15) is 0 Å². The number of carbonyl (C=O) groups excluding carboxylic acids is 5. The second-order valence-corrected chi connectivity index (χ2v) is 29.8. The van der Waals surface area contributed by atoms with Crippen molar-refractivity contribution in [2.45, 2.75) is 187 Å². The van der Waals surface area contributed by atoms with Crippen molar-refractivity contribution in [2.24, 2.45) is 46.3 Å². The largest absolute Gasteiger partial charge is 0.514 e. The Morgan fingerprint density at radius 3 is 2.04 bits per heavy atom. The zero-order valence-corrected chi connectivity index (χ0v) is 60.4. The summed E-state index contributed by atoms with van der Waals surface area (Å²) in [5.41, 5.74) is 6.91.